The lowest BCUT2D eigenvalue weighted by atomic mass is 10.1. The van der Waals surface area contributed by atoms with Crippen molar-refractivity contribution in [3.8, 4) is 0 Å². The smallest absolute Gasteiger partial charge is 0.251 e. The van der Waals surface area contributed by atoms with Gasteiger partial charge in [-0.2, -0.15) is 0 Å². The molecule has 174 valence electrons. The third-order valence-corrected chi connectivity index (χ3v) is 7.90. The number of carbonyl (C=O) groups excluding carboxylic acids is 1. The van der Waals surface area contributed by atoms with Crippen LogP contribution in [0.2, 0.25) is 0 Å². The van der Waals surface area contributed by atoms with Gasteiger partial charge in [0.15, 0.2) is 5.79 Å². The number of aromatic nitrogens is 2. The average molecular weight is 482 g/mol. The fraction of sp³-hybridized carbons (Fsp3) is 0.348. The van der Waals surface area contributed by atoms with E-state index in [0.717, 1.165) is 16.3 Å². The first-order chi connectivity index (χ1) is 16.5. The monoisotopic (exact) mass is 481 g/mol. The van der Waals surface area contributed by atoms with Crippen LogP contribution >= 0.6 is 11.8 Å². The summed E-state index contributed by atoms with van der Waals surface area (Å²) < 4.78 is 28.3. The number of pyridine rings is 2. The molecule has 2 bridgehead atoms. The van der Waals surface area contributed by atoms with Crippen LogP contribution in [0, 0.1) is 5.82 Å². The predicted octanol–water partition coefficient (Wildman–Crippen LogP) is 2.16. The molecule has 2 aromatic heterocycles. The molecule has 3 fully saturated rings. The van der Waals surface area contributed by atoms with Crippen LogP contribution < -0.4 is 21.1 Å². The Hall–Kier alpha value is -2.99. The number of rotatable bonds is 5. The minimum absolute atomic E-state index is 0.00495. The van der Waals surface area contributed by atoms with Crippen LogP contribution in [-0.2, 0) is 20.8 Å². The van der Waals surface area contributed by atoms with Gasteiger partial charge in [-0.1, -0.05) is 0 Å². The highest BCUT2D eigenvalue weighted by Gasteiger charge is 2.58. The lowest BCUT2D eigenvalue weighted by molar-refractivity contribution is -0.405. The number of ether oxygens (including phenoxy) is 2. The molecule has 7 heterocycles. The number of nitrogens with one attached hydrogen (secondary N) is 2. The summed E-state index contributed by atoms with van der Waals surface area (Å²) in [5.74, 6) is -0.730. The lowest BCUT2D eigenvalue weighted by Gasteiger charge is -2.37. The Morgan fingerprint density at radius 3 is 3.03 bits per heavy atom. The average Bonchev–Trinajstić information content (AvgIpc) is 3.48. The van der Waals surface area contributed by atoms with Gasteiger partial charge in [-0.15, -0.1) is 11.8 Å². The number of anilines is 2. The van der Waals surface area contributed by atoms with Crippen molar-refractivity contribution < 1.29 is 18.7 Å². The number of fused-ring (bicyclic) bond motifs is 2. The molecule has 0 spiro atoms. The molecule has 3 aromatic rings. The number of carbonyl (C=O) groups is 1. The lowest BCUT2D eigenvalue weighted by Crippen LogP contribution is -2.49. The highest BCUT2D eigenvalue weighted by molar-refractivity contribution is 8.00. The van der Waals surface area contributed by atoms with E-state index < -0.39 is 18.0 Å². The molecule has 5 aliphatic rings. The van der Waals surface area contributed by atoms with Crippen molar-refractivity contribution in [2.45, 2.75) is 36.1 Å². The van der Waals surface area contributed by atoms with Gasteiger partial charge in [0.05, 0.1) is 41.3 Å². The van der Waals surface area contributed by atoms with Crippen LogP contribution in [0.5, 0.6) is 0 Å². The second-order valence-electron chi connectivity index (χ2n) is 8.89. The molecule has 0 saturated carbocycles. The molecule has 1 atom stereocenters. The fourth-order valence-electron chi connectivity index (χ4n) is 5.23. The van der Waals surface area contributed by atoms with Crippen molar-refractivity contribution in [2.75, 3.05) is 29.1 Å². The van der Waals surface area contributed by atoms with Gasteiger partial charge >= 0.3 is 0 Å². The van der Waals surface area contributed by atoms with E-state index in [0.29, 0.717) is 48.4 Å². The minimum Gasteiger partial charge on any atom is -0.324 e. The van der Waals surface area contributed by atoms with Crippen molar-refractivity contribution in [1.82, 2.24) is 14.9 Å². The van der Waals surface area contributed by atoms with E-state index in [1.807, 2.05) is 23.1 Å². The van der Waals surface area contributed by atoms with E-state index in [1.165, 1.54) is 24.0 Å². The van der Waals surface area contributed by atoms with Gasteiger partial charge in [0.25, 0.3) is 5.56 Å². The zero-order valence-corrected chi connectivity index (χ0v) is 18.7. The second kappa shape index (κ2) is 7.25. The van der Waals surface area contributed by atoms with Crippen LogP contribution in [-0.4, -0.2) is 46.5 Å². The van der Waals surface area contributed by atoms with E-state index >= 15 is 0 Å². The Bertz CT molecular complexity index is 1420. The van der Waals surface area contributed by atoms with E-state index in [2.05, 4.69) is 15.6 Å². The highest BCUT2D eigenvalue weighted by atomic mass is 32.2. The molecule has 9 nitrogen and oxygen atoms in total. The van der Waals surface area contributed by atoms with E-state index in [9.17, 15) is 14.0 Å². The number of amides is 1. The summed E-state index contributed by atoms with van der Waals surface area (Å²) in [5.41, 5.74) is 3.22. The Labute approximate surface area is 197 Å². The Balaban J connectivity index is 1.04. The maximum absolute atomic E-state index is 14.6. The summed E-state index contributed by atoms with van der Waals surface area (Å²) in [4.78, 5) is 31.2. The maximum atomic E-state index is 14.6. The van der Waals surface area contributed by atoms with Crippen LogP contribution in [0.3, 0.4) is 0 Å². The van der Waals surface area contributed by atoms with Crippen molar-refractivity contribution in [1.29, 1.82) is 0 Å². The number of hydrogen-bond acceptors (Lipinski definition) is 8. The molecule has 0 radical (unpaired) electrons. The number of nitrogens with zero attached hydrogens (tertiary/aromatic N) is 3. The number of thioether (sulfide) groups is 1. The van der Waals surface area contributed by atoms with Gasteiger partial charge in [-0.25, -0.2) is 4.39 Å². The molecule has 34 heavy (non-hydrogen) atoms. The summed E-state index contributed by atoms with van der Waals surface area (Å²) in [7, 11) is 0. The van der Waals surface area contributed by atoms with Gasteiger partial charge in [0, 0.05) is 41.7 Å². The third-order valence-electron chi connectivity index (χ3n) is 6.83. The zero-order chi connectivity index (χ0) is 23.0. The van der Waals surface area contributed by atoms with E-state index in [-0.39, 0.29) is 17.5 Å². The summed E-state index contributed by atoms with van der Waals surface area (Å²) in [6, 6.07) is 8.73. The van der Waals surface area contributed by atoms with E-state index in [1.54, 1.807) is 10.6 Å². The summed E-state index contributed by atoms with van der Waals surface area (Å²) in [6.07, 6.45) is 1.31. The van der Waals surface area contributed by atoms with Crippen molar-refractivity contribution in [3.63, 3.8) is 0 Å². The highest BCUT2D eigenvalue weighted by Crippen LogP contribution is 2.46. The molecule has 11 heteroatoms. The topological polar surface area (TPSA) is 97.7 Å². The van der Waals surface area contributed by atoms with Gasteiger partial charge in [0.1, 0.15) is 5.82 Å². The molecule has 0 aliphatic carbocycles. The van der Waals surface area contributed by atoms with E-state index in [4.69, 9.17) is 9.47 Å². The molecular weight excluding hydrogens is 461 g/mol. The fourth-order valence-corrected chi connectivity index (χ4v) is 6.01. The van der Waals surface area contributed by atoms with Gasteiger partial charge in [-0.3, -0.25) is 14.6 Å². The Kier molecular flexibility index (Phi) is 4.35. The van der Waals surface area contributed by atoms with Crippen LogP contribution in [0.25, 0.3) is 11.0 Å². The van der Waals surface area contributed by atoms with Crippen molar-refractivity contribution in [3.05, 3.63) is 58.3 Å². The standard InChI is InChI=1S/C23H20FN5O4S/c24-13-8-26-14-2-4-19(31)28-9-16(20(13)21(14)28)25-6-5-23-11-29(22(32-23)33-23)12-1-3-17-15(7-12)27-18(30)10-34-17/h1-4,7-8,16,22,25H,5-6,9-11H2,(H,27,30). The van der Waals surface area contributed by atoms with Gasteiger partial charge < -0.3 is 29.6 Å². The summed E-state index contributed by atoms with van der Waals surface area (Å²) in [5, 5.41) is 6.29. The largest absolute Gasteiger partial charge is 0.324 e. The number of hydrogen-bond donors (Lipinski definition) is 2. The molecular formula is C23H20FN5O4S. The second-order valence-corrected chi connectivity index (χ2v) is 9.91. The van der Waals surface area contributed by atoms with Crippen LogP contribution in [0.15, 0.2) is 46.2 Å². The molecule has 1 amide bonds. The van der Waals surface area contributed by atoms with Gasteiger partial charge in [-0.05, 0) is 24.3 Å². The maximum Gasteiger partial charge on any atom is 0.251 e. The molecule has 1 unspecified atom stereocenters. The molecule has 3 saturated heterocycles. The first-order valence-corrected chi connectivity index (χ1v) is 12.1. The Morgan fingerprint density at radius 1 is 1.26 bits per heavy atom. The Morgan fingerprint density at radius 2 is 2.15 bits per heavy atom. The zero-order valence-electron chi connectivity index (χ0n) is 17.9. The first-order valence-electron chi connectivity index (χ1n) is 11.1. The van der Waals surface area contributed by atoms with Gasteiger partial charge in [0.2, 0.25) is 12.3 Å². The van der Waals surface area contributed by atoms with Crippen LogP contribution in [0.4, 0.5) is 15.8 Å². The molecule has 2 N–H and O–H groups in total. The van der Waals surface area contributed by atoms with Crippen molar-refractivity contribution in [2.24, 2.45) is 0 Å². The molecule has 1 aromatic carbocycles. The summed E-state index contributed by atoms with van der Waals surface area (Å²) >= 11 is 1.52. The SMILES string of the molecule is O=C1CSc2ccc(N3CC4(CCNC5Cn6c(=O)ccc7ncc(F)c5c76)OC3O4)cc2N1. The predicted molar refractivity (Wildman–Crippen MR) is 123 cm³/mol. The quantitative estimate of drug-likeness (QED) is 0.572. The first kappa shape index (κ1) is 20.4. The minimum atomic E-state index is -0.736. The van der Waals surface area contributed by atoms with Crippen LogP contribution in [0.1, 0.15) is 18.0 Å². The third kappa shape index (κ3) is 3.01. The number of benzene rings is 1. The molecule has 8 rings (SSSR count). The normalized spacial score (nSPS) is 26.5. The molecule has 5 aliphatic heterocycles. The number of halogens is 1. The summed E-state index contributed by atoms with van der Waals surface area (Å²) in [6.45, 7) is 1.43. The van der Waals surface area contributed by atoms with Crippen molar-refractivity contribution >= 4 is 40.1 Å².